The quantitative estimate of drug-likeness (QED) is 0.508. The molecule has 0 spiro atoms. The Kier molecular flexibility index (Phi) is 5.59. The van der Waals surface area contributed by atoms with Crippen LogP contribution in [-0.4, -0.2) is 22.2 Å². The summed E-state index contributed by atoms with van der Waals surface area (Å²) in [5, 5.41) is 4.00. The van der Waals surface area contributed by atoms with Gasteiger partial charge in [0.25, 0.3) is 5.56 Å². The second-order valence-electron chi connectivity index (χ2n) is 6.88. The molecule has 0 atom stereocenters. The first kappa shape index (κ1) is 19.8. The van der Waals surface area contributed by atoms with Gasteiger partial charge in [0, 0.05) is 30.0 Å². The molecular formula is C23H20ClN3O3. The summed E-state index contributed by atoms with van der Waals surface area (Å²) < 4.78 is 8.43. The number of pyridine rings is 1. The molecule has 0 bridgehead atoms. The molecule has 152 valence electrons. The predicted octanol–water partition coefficient (Wildman–Crippen LogP) is 4.15. The molecule has 0 aliphatic rings. The molecule has 1 N–H and O–H groups in total. The van der Waals surface area contributed by atoms with Crippen LogP contribution in [0.15, 0.2) is 77.9 Å². The number of rotatable bonds is 6. The van der Waals surface area contributed by atoms with Gasteiger partial charge in [0.1, 0.15) is 17.8 Å². The van der Waals surface area contributed by atoms with Crippen LogP contribution >= 0.6 is 11.6 Å². The Labute approximate surface area is 178 Å². The highest BCUT2D eigenvalue weighted by Crippen LogP contribution is 2.27. The predicted molar refractivity (Wildman–Crippen MR) is 118 cm³/mol. The maximum Gasteiger partial charge on any atom is 0.275 e. The van der Waals surface area contributed by atoms with Gasteiger partial charge in [0.05, 0.1) is 12.1 Å². The van der Waals surface area contributed by atoms with E-state index >= 15 is 0 Å². The Morgan fingerprint density at radius 1 is 1.03 bits per heavy atom. The van der Waals surface area contributed by atoms with E-state index in [9.17, 15) is 9.59 Å². The number of benzene rings is 2. The van der Waals surface area contributed by atoms with Gasteiger partial charge in [-0.3, -0.25) is 9.59 Å². The fourth-order valence-corrected chi connectivity index (χ4v) is 3.64. The van der Waals surface area contributed by atoms with Crippen LogP contribution in [0.2, 0.25) is 5.02 Å². The third-order valence-electron chi connectivity index (χ3n) is 4.84. The van der Waals surface area contributed by atoms with Crippen LogP contribution in [0.1, 0.15) is 5.56 Å². The van der Waals surface area contributed by atoms with Crippen molar-refractivity contribution in [2.75, 3.05) is 12.4 Å². The zero-order chi connectivity index (χ0) is 21.1. The standard InChI is InChI=1S/C23H20ClN3O3/c1-30-20-8-7-18(13-19(20)24)25-21(28)15-27-12-10-17-9-11-26(22(17)23(27)29)14-16-5-3-2-4-6-16/h2-13H,14-15H2,1H3,(H,25,28). The van der Waals surface area contributed by atoms with E-state index in [-0.39, 0.29) is 18.0 Å². The molecule has 1 amide bonds. The van der Waals surface area contributed by atoms with E-state index in [1.165, 1.54) is 11.7 Å². The summed E-state index contributed by atoms with van der Waals surface area (Å²) in [6.07, 6.45) is 3.53. The molecule has 2 aromatic heterocycles. The zero-order valence-electron chi connectivity index (χ0n) is 16.3. The average Bonchev–Trinajstić information content (AvgIpc) is 3.14. The Balaban J connectivity index is 1.56. The number of carbonyl (C=O) groups is 1. The van der Waals surface area contributed by atoms with Crippen molar-refractivity contribution < 1.29 is 9.53 Å². The lowest BCUT2D eigenvalue weighted by molar-refractivity contribution is -0.116. The van der Waals surface area contributed by atoms with E-state index in [0.29, 0.717) is 28.5 Å². The molecule has 4 aromatic rings. The lowest BCUT2D eigenvalue weighted by Gasteiger charge is -2.10. The average molecular weight is 422 g/mol. The van der Waals surface area contributed by atoms with Crippen LogP contribution in [0.5, 0.6) is 5.75 Å². The number of hydrogen-bond acceptors (Lipinski definition) is 3. The van der Waals surface area contributed by atoms with Crippen molar-refractivity contribution in [3.63, 3.8) is 0 Å². The smallest absolute Gasteiger partial charge is 0.275 e. The highest BCUT2D eigenvalue weighted by molar-refractivity contribution is 6.32. The summed E-state index contributed by atoms with van der Waals surface area (Å²) in [7, 11) is 1.52. The SMILES string of the molecule is COc1ccc(NC(=O)Cn2ccc3ccn(Cc4ccccc4)c3c2=O)cc1Cl. The molecule has 0 saturated carbocycles. The number of methoxy groups -OCH3 is 1. The van der Waals surface area contributed by atoms with Crippen molar-refractivity contribution in [2.45, 2.75) is 13.1 Å². The number of amides is 1. The number of nitrogens with zero attached hydrogens (tertiary/aromatic N) is 2. The van der Waals surface area contributed by atoms with Crippen molar-refractivity contribution in [1.29, 1.82) is 0 Å². The van der Waals surface area contributed by atoms with Crippen LogP contribution in [0.25, 0.3) is 10.9 Å². The molecule has 7 heteroatoms. The lowest BCUT2D eigenvalue weighted by atomic mass is 10.2. The third kappa shape index (κ3) is 4.09. The summed E-state index contributed by atoms with van der Waals surface area (Å²) in [6, 6.07) is 18.6. The number of halogens is 1. The second-order valence-corrected chi connectivity index (χ2v) is 7.29. The molecule has 0 aliphatic carbocycles. The molecule has 0 radical (unpaired) electrons. The topological polar surface area (TPSA) is 65.3 Å². The van der Waals surface area contributed by atoms with E-state index < -0.39 is 0 Å². The number of carbonyl (C=O) groups excluding carboxylic acids is 1. The fourth-order valence-electron chi connectivity index (χ4n) is 3.38. The van der Waals surface area contributed by atoms with Crippen molar-refractivity contribution >= 4 is 34.1 Å². The first-order chi connectivity index (χ1) is 14.5. The summed E-state index contributed by atoms with van der Waals surface area (Å²) in [5.74, 6) is 0.203. The van der Waals surface area contributed by atoms with E-state index in [4.69, 9.17) is 16.3 Å². The second kappa shape index (κ2) is 8.47. The van der Waals surface area contributed by atoms with Crippen LogP contribution < -0.4 is 15.6 Å². The van der Waals surface area contributed by atoms with Gasteiger partial charge >= 0.3 is 0 Å². The van der Waals surface area contributed by atoms with Crippen LogP contribution in [0.4, 0.5) is 5.69 Å². The Bertz CT molecular complexity index is 1260. The van der Waals surface area contributed by atoms with Gasteiger partial charge < -0.3 is 19.2 Å². The fraction of sp³-hybridized carbons (Fsp3) is 0.130. The molecule has 2 aromatic carbocycles. The third-order valence-corrected chi connectivity index (χ3v) is 5.13. The van der Waals surface area contributed by atoms with E-state index in [0.717, 1.165) is 10.9 Å². The maximum absolute atomic E-state index is 13.1. The van der Waals surface area contributed by atoms with Gasteiger partial charge in [-0.2, -0.15) is 0 Å². The van der Waals surface area contributed by atoms with Gasteiger partial charge in [-0.05, 0) is 35.9 Å². The minimum Gasteiger partial charge on any atom is -0.495 e. The summed E-state index contributed by atoms with van der Waals surface area (Å²) in [6.45, 7) is 0.481. The highest BCUT2D eigenvalue weighted by Gasteiger charge is 2.12. The van der Waals surface area contributed by atoms with Gasteiger partial charge in [-0.25, -0.2) is 0 Å². The summed E-state index contributed by atoms with van der Waals surface area (Å²) in [4.78, 5) is 25.5. The number of ether oxygens (including phenoxy) is 1. The summed E-state index contributed by atoms with van der Waals surface area (Å²) >= 11 is 6.10. The van der Waals surface area contributed by atoms with Crippen LogP contribution in [0, 0.1) is 0 Å². The van der Waals surface area contributed by atoms with Gasteiger partial charge in [0.15, 0.2) is 0 Å². The number of fused-ring (bicyclic) bond motifs is 1. The minimum atomic E-state index is -0.321. The molecule has 6 nitrogen and oxygen atoms in total. The largest absolute Gasteiger partial charge is 0.495 e. The van der Waals surface area contributed by atoms with Crippen molar-refractivity contribution in [3.8, 4) is 5.75 Å². The van der Waals surface area contributed by atoms with Crippen molar-refractivity contribution in [1.82, 2.24) is 9.13 Å². The molecular weight excluding hydrogens is 402 g/mol. The monoisotopic (exact) mass is 421 g/mol. The number of nitrogens with one attached hydrogen (secondary N) is 1. The normalized spacial score (nSPS) is 10.9. The molecule has 0 unspecified atom stereocenters. The van der Waals surface area contributed by atoms with E-state index in [1.54, 1.807) is 24.4 Å². The number of aromatic nitrogens is 2. The Hall–Kier alpha value is -3.51. The Morgan fingerprint density at radius 3 is 2.47 bits per heavy atom. The van der Waals surface area contributed by atoms with Crippen molar-refractivity contribution in [3.05, 3.63) is 94.0 Å². The zero-order valence-corrected chi connectivity index (χ0v) is 17.1. The van der Waals surface area contributed by atoms with Crippen LogP contribution in [-0.2, 0) is 17.9 Å². The Morgan fingerprint density at radius 2 is 1.77 bits per heavy atom. The minimum absolute atomic E-state index is 0.102. The molecule has 30 heavy (non-hydrogen) atoms. The molecule has 2 heterocycles. The number of hydrogen-bond donors (Lipinski definition) is 1. The first-order valence-corrected chi connectivity index (χ1v) is 9.78. The summed E-state index contributed by atoms with van der Waals surface area (Å²) in [5.41, 5.74) is 1.99. The molecule has 0 fully saturated rings. The van der Waals surface area contributed by atoms with E-state index in [2.05, 4.69) is 5.32 Å². The molecule has 0 aliphatic heterocycles. The maximum atomic E-state index is 13.1. The molecule has 0 saturated heterocycles. The van der Waals surface area contributed by atoms with Crippen LogP contribution in [0.3, 0.4) is 0 Å². The molecule has 4 rings (SSSR count). The van der Waals surface area contributed by atoms with Crippen molar-refractivity contribution in [2.24, 2.45) is 0 Å². The van der Waals surface area contributed by atoms with Gasteiger partial charge in [-0.1, -0.05) is 41.9 Å². The lowest BCUT2D eigenvalue weighted by Crippen LogP contribution is -2.28. The van der Waals surface area contributed by atoms with E-state index in [1.807, 2.05) is 53.2 Å². The van der Waals surface area contributed by atoms with Gasteiger partial charge in [-0.15, -0.1) is 0 Å². The van der Waals surface area contributed by atoms with Gasteiger partial charge in [0.2, 0.25) is 5.91 Å². The first-order valence-electron chi connectivity index (χ1n) is 9.41. The number of anilines is 1. The highest BCUT2D eigenvalue weighted by atomic mass is 35.5.